The molecule has 0 saturated carbocycles. The molecule has 18 heavy (non-hydrogen) atoms. The fourth-order valence-corrected chi connectivity index (χ4v) is 3.38. The summed E-state index contributed by atoms with van der Waals surface area (Å²) in [5, 5.41) is 8.92. The summed E-state index contributed by atoms with van der Waals surface area (Å²) >= 11 is 1.90. The van der Waals surface area contributed by atoms with E-state index in [-0.39, 0.29) is 0 Å². The first-order valence-corrected chi connectivity index (χ1v) is 7.51. The smallest absolute Gasteiger partial charge is 0.191 e. The molecule has 2 aliphatic rings. The van der Waals surface area contributed by atoms with Crippen molar-refractivity contribution in [3.8, 4) is 0 Å². The third-order valence-electron chi connectivity index (χ3n) is 3.51. The van der Waals surface area contributed by atoms with Crippen molar-refractivity contribution in [1.82, 2.24) is 15.5 Å². The monoisotopic (exact) mass is 264 g/mol. The van der Waals surface area contributed by atoms with Crippen LogP contribution in [0, 0.1) is 0 Å². The van der Waals surface area contributed by atoms with E-state index in [2.05, 4.69) is 38.9 Å². The van der Waals surface area contributed by atoms with Crippen LogP contribution >= 0.6 is 11.3 Å². The van der Waals surface area contributed by atoms with Gasteiger partial charge in [0.2, 0.25) is 0 Å². The lowest BCUT2D eigenvalue weighted by molar-refractivity contribution is 0.260. The Morgan fingerprint density at radius 3 is 3.39 bits per heavy atom. The zero-order valence-electron chi connectivity index (χ0n) is 10.8. The predicted molar refractivity (Wildman–Crippen MR) is 76.2 cm³/mol. The number of hydrogen-bond donors (Lipinski definition) is 2. The second kappa shape index (κ2) is 5.28. The number of fused-ring (bicyclic) bond motifs is 1. The Labute approximate surface area is 112 Å². The Morgan fingerprint density at radius 1 is 1.61 bits per heavy atom. The molecule has 98 valence electrons. The Bertz CT molecular complexity index is 440. The third kappa shape index (κ3) is 2.67. The van der Waals surface area contributed by atoms with Crippen molar-refractivity contribution < 1.29 is 0 Å². The summed E-state index contributed by atoms with van der Waals surface area (Å²) in [5.41, 5.74) is 1.52. The van der Waals surface area contributed by atoms with E-state index in [4.69, 9.17) is 0 Å². The summed E-state index contributed by atoms with van der Waals surface area (Å²) in [7, 11) is 0. The highest BCUT2D eigenvalue weighted by atomic mass is 32.1. The maximum Gasteiger partial charge on any atom is 0.191 e. The van der Waals surface area contributed by atoms with Crippen LogP contribution in [0.2, 0.25) is 0 Å². The van der Waals surface area contributed by atoms with Crippen molar-refractivity contribution in [3.63, 3.8) is 0 Å². The van der Waals surface area contributed by atoms with Crippen molar-refractivity contribution in [2.45, 2.75) is 25.9 Å². The summed E-state index contributed by atoms with van der Waals surface area (Å²) in [6.45, 7) is 7.40. The molecule has 5 heteroatoms. The number of thiophene rings is 1. The van der Waals surface area contributed by atoms with Crippen LogP contribution in [0.4, 0.5) is 0 Å². The molecule has 0 aliphatic carbocycles. The Hall–Kier alpha value is -1.07. The van der Waals surface area contributed by atoms with Gasteiger partial charge in [0, 0.05) is 37.1 Å². The van der Waals surface area contributed by atoms with E-state index >= 15 is 0 Å². The van der Waals surface area contributed by atoms with Crippen LogP contribution in [0.3, 0.4) is 0 Å². The van der Waals surface area contributed by atoms with Crippen molar-refractivity contribution >= 4 is 17.3 Å². The molecule has 0 amide bonds. The van der Waals surface area contributed by atoms with Crippen LogP contribution in [0.25, 0.3) is 0 Å². The number of nitrogens with zero attached hydrogens (tertiary/aromatic N) is 2. The molecule has 2 N–H and O–H groups in total. The fraction of sp³-hybridized carbons (Fsp3) is 0.615. The summed E-state index contributed by atoms with van der Waals surface area (Å²) in [6.07, 6.45) is 1.21. The van der Waals surface area contributed by atoms with Gasteiger partial charge < -0.3 is 10.6 Å². The van der Waals surface area contributed by atoms with Crippen LogP contribution in [0.15, 0.2) is 16.4 Å². The highest BCUT2D eigenvalue weighted by Gasteiger charge is 2.17. The number of nitrogens with one attached hydrogen (secondary N) is 2. The minimum atomic E-state index is 0.482. The average molecular weight is 264 g/mol. The van der Waals surface area contributed by atoms with Gasteiger partial charge in [-0.05, 0) is 30.4 Å². The van der Waals surface area contributed by atoms with E-state index in [0.717, 1.165) is 32.1 Å². The van der Waals surface area contributed by atoms with Crippen LogP contribution in [-0.4, -0.2) is 43.1 Å². The molecule has 3 heterocycles. The molecule has 0 saturated heterocycles. The predicted octanol–water partition coefficient (Wildman–Crippen LogP) is 1.04. The lowest BCUT2D eigenvalue weighted by Crippen LogP contribution is -2.42. The van der Waals surface area contributed by atoms with E-state index in [1.807, 2.05) is 11.3 Å². The number of guanidine groups is 1. The molecule has 3 rings (SSSR count). The second-order valence-corrected chi connectivity index (χ2v) is 6.06. The van der Waals surface area contributed by atoms with Crippen molar-refractivity contribution in [3.05, 3.63) is 21.9 Å². The fourth-order valence-electron chi connectivity index (χ4n) is 2.49. The topological polar surface area (TPSA) is 39.7 Å². The average Bonchev–Trinajstić information content (AvgIpc) is 2.97. The Kier molecular flexibility index (Phi) is 3.52. The summed E-state index contributed by atoms with van der Waals surface area (Å²) in [4.78, 5) is 8.50. The summed E-state index contributed by atoms with van der Waals surface area (Å²) in [5.74, 6) is 0.968. The zero-order valence-corrected chi connectivity index (χ0v) is 11.6. The number of hydrogen-bond acceptors (Lipinski definition) is 5. The maximum absolute atomic E-state index is 4.40. The standard InChI is InChI=1S/C13H20N4S/c1-10-8-15-13(16-10)14-4-6-17-5-2-12-11(9-17)3-7-18-12/h3,7,10H,2,4-6,8-9H2,1H3,(H2,14,15,16). The normalized spacial score (nSPS) is 23.4. The molecule has 0 bridgehead atoms. The van der Waals surface area contributed by atoms with E-state index in [1.165, 1.54) is 18.5 Å². The van der Waals surface area contributed by atoms with Gasteiger partial charge in [-0.2, -0.15) is 0 Å². The third-order valence-corrected chi connectivity index (χ3v) is 4.54. The molecule has 0 fully saturated rings. The Morgan fingerprint density at radius 2 is 2.56 bits per heavy atom. The van der Waals surface area contributed by atoms with Gasteiger partial charge in [-0.1, -0.05) is 0 Å². The maximum atomic E-state index is 4.40. The van der Waals surface area contributed by atoms with Crippen molar-refractivity contribution in [2.24, 2.45) is 4.99 Å². The van der Waals surface area contributed by atoms with Gasteiger partial charge in [0.15, 0.2) is 5.96 Å². The van der Waals surface area contributed by atoms with Gasteiger partial charge in [-0.3, -0.25) is 9.89 Å². The minimum absolute atomic E-state index is 0.482. The molecule has 1 atom stereocenters. The first kappa shape index (κ1) is 12.0. The van der Waals surface area contributed by atoms with Gasteiger partial charge in [-0.15, -0.1) is 11.3 Å². The van der Waals surface area contributed by atoms with E-state index < -0.39 is 0 Å². The molecule has 0 radical (unpaired) electrons. The molecule has 4 nitrogen and oxygen atoms in total. The zero-order chi connectivity index (χ0) is 12.4. The quantitative estimate of drug-likeness (QED) is 0.857. The number of aliphatic imine (C=N–C) groups is 1. The minimum Gasteiger partial charge on any atom is -0.355 e. The van der Waals surface area contributed by atoms with E-state index in [0.29, 0.717) is 6.04 Å². The molecule has 1 aromatic heterocycles. The largest absolute Gasteiger partial charge is 0.355 e. The molecular formula is C13H20N4S. The summed E-state index contributed by atoms with van der Waals surface area (Å²) in [6, 6.07) is 2.75. The number of rotatable bonds is 3. The van der Waals surface area contributed by atoms with Crippen LogP contribution in [-0.2, 0) is 13.0 Å². The van der Waals surface area contributed by atoms with E-state index in [9.17, 15) is 0 Å². The second-order valence-electron chi connectivity index (χ2n) is 5.06. The lowest BCUT2D eigenvalue weighted by Gasteiger charge is -2.26. The first-order chi connectivity index (χ1) is 8.81. The van der Waals surface area contributed by atoms with Crippen molar-refractivity contribution in [2.75, 3.05) is 26.2 Å². The Balaban J connectivity index is 1.42. The van der Waals surface area contributed by atoms with Crippen LogP contribution in [0.1, 0.15) is 17.4 Å². The van der Waals surface area contributed by atoms with Crippen LogP contribution < -0.4 is 10.6 Å². The van der Waals surface area contributed by atoms with E-state index in [1.54, 1.807) is 4.88 Å². The molecule has 1 aromatic rings. The SMILES string of the molecule is CC1CN=C(NCCN2CCc3sccc3C2)N1. The van der Waals surface area contributed by atoms with Gasteiger partial charge in [0.05, 0.1) is 6.54 Å². The van der Waals surface area contributed by atoms with Gasteiger partial charge >= 0.3 is 0 Å². The first-order valence-electron chi connectivity index (χ1n) is 6.64. The molecular weight excluding hydrogens is 244 g/mol. The van der Waals surface area contributed by atoms with Crippen LogP contribution in [0.5, 0.6) is 0 Å². The molecule has 0 spiro atoms. The molecule has 1 unspecified atom stereocenters. The van der Waals surface area contributed by atoms with Gasteiger partial charge in [0.1, 0.15) is 0 Å². The molecule has 0 aromatic carbocycles. The summed E-state index contributed by atoms with van der Waals surface area (Å²) < 4.78 is 0. The van der Waals surface area contributed by atoms with Crippen molar-refractivity contribution in [1.29, 1.82) is 0 Å². The highest BCUT2D eigenvalue weighted by molar-refractivity contribution is 7.10. The highest BCUT2D eigenvalue weighted by Crippen LogP contribution is 2.23. The lowest BCUT2D eigenvalue weighted by atomic mass is 10.1. The van der Waals surface area contributed by atoms with Gasteiger partial charge in [-0.25, -0.2) is 0 Å². The van der Waals surface area contributed by atoms with Gasteiger partial charge in [0.25, 0.3) is 0 Å². The molecule has 2 aliphatic heterocycles.